The van der Waals surface area contributed by atoms with Gasteiger partial charge in [0.1, 0.15) is 0 Å². The summed E-state index contributed by atoms with van der Waals surface area (Å²) in [5.41, 5.74) is 1.09. The molecule has 0 saturated carbocycles. The number of nitrogens with one attached hydrogen (secondary N) is 1. The molecule has 3 nitrogen and oxygen atoms in total. The Morgan fingerprint density at radius 3 is 3.00 bits per heavy atom. The number of likely N-dealkylation sites (tertiary alicyclic amines) is 1. The quantitative estimate of drug-likeness (QED) is 0.841. The number of carbonyl (C=O) groups excluding carboxylic acids is 1. The normalized spacial score (nSPS) is 18.8. The van der Waals surface area contributed by atoms with Crippen LogP contribution in [-0.2, 0) is 4.79 Å². The highest BCUT2D eigenvalue weighted by Crippen LogP contribution is 2.35. The third kappa shape index (κ3) is 3.48. The zero-order chi connectivity index (χ0) is 13.7. The molecule has 0 radical (unpaired) electrons. The predicted molar refractivity (Wildman–Crippen MR) is 78.3 cm³/mol. The van der Waals surface area contributed by atoms with Crippen molar-refractivity contribution in [1.82, 2.24) is 10.2 Å². The van der Waals surface area contributed by atoms with Crippen molar-refractivity contribution in [2.24, 2.45) is 0 Å². The van der Waals surface area contributed by atoms with Crippen LogP contribution in [-0.4, -0.2) is 30.9 Å². The summed E-state index contributed by atoms with van der Waals surface area (Å²) in [6.07, 6.45) is 3.58. The van der Waals surface area contributed by atoms with Gasteiger partial charge < -0.3 is 10.2 Å². The van der Waals surface area contributed by atoms with E-state index in [1.165, 1.54) is 0 Å². The minimum atomic E-state index is 0.163. The molecule has 1 heterocycles. The number of hydrogen-bond acceptors (Lipinski definition) is 2. The first kappa shape index (κ1) is 14.4. The number of rotatable bonds is 5. The molecule has 0 bridgehead atoms. The zero-order valence-electron chi connectivity index (χ0n) is 11.4. The SMILES string of the molecule is CNCCCC(=O)N1CCCC1c1ccccc1Cl. The number of halogens is 1. The van der Waals surface area contributed by atoms with Crippen LogP contribution >= 0.6 is 11.6 Å². The van der Waals surface area contributed by atoms with E-state index in [-0.39, 0.29) is 11.9 Å². The van der Waals surface area contributed by atoms with Gasteiger partial charge in [-0.15, -0.1) is 0 Å². The van der Waals surface area contributed by atoms with E-state index in [2.05, 4.69) is 5.32 Å². The van der Waals surface area contributed by atoms with Gasteiger partial charge in [0.25, 0.3) is 0 Å². The lowest BCUT2D eigenvalue weighted by Crippen LogP contribution is -2.31. The first-order valence-electron chi connectivity index (χ1n) is 6.92. The molecule has 1 amide bonds. The molecule has 1 atom stereocenters. The molecule has 104 valence electrons. The van der Waals surface area contributed by atoms with Gasteiger partial charge in [0.15, 0.2) is 0 Å². The van der Waals surface area contributed by atoms with Gasteiger partial charge in [-0.05, 0) is 44.5 Å². The molecule has 1 saturated heterocycles. The average Bonchev–Trinajstić information content (AvgIpc) is 2.88. The van der Waals surface area contributed by atoms with Gasteiger partial charge in [-0.3, -0.25) is 4.79 Å². The van der Waals surface area contributed by atoms with Crippen LogP contribution in [0, 0.1) is 0 Å². The second kappa shape index (κ2) is 6.92. The highest BCUT2D eigenvalue weighted by Gasteiger charge is 2.30. The van der Waals surface area contributed by atoms with E-state index in [1.807, 2.05) is 36.2 Å². The maximum absolute atomic E-state index is 12.3. The molecule has 0 aliphatic carbocycles. The van der Waals surface area contributed by atoms with E-state index < -0.39 is 0 Å². The van der Waals surface area contributed by atoms with E-state index in [1.54, 1.807) is 0 Å². The highest BCUT2D eigenvalue weighted by atomic mass is 35.5. The fourth-order valence-corrected chi connectivity index (χ4v) is 2.96. The third-order valence-electron chi connectivity index (χ3n) is 3.65. The van der Waals surface area contributed by atoms with E-state index in [0.29, 0.717) is 6.42 Å². The van der Waals surface area contributed by atoms with Gasteiger partial charge in [-0.1, -0.05) is 29.8 Å². The molecular weight excluding hydrogens is 260 g/mol. The van der Waals surface area contributed by atoms with Crippen molar-refractivity contribution in [2.75, 3.05) is 20.1 Å². The van der Waals surface area contributed by atoms with E-state index >= 15 is 0 Å². The van der Waals surface area contributed by atoms with Crippen LogP contribution in [0.25, 0.3) is 0 Å². The minimum absolute atomic E-state index is 0.163. The molecule has 4 heteroatoms. The van der Waals surface area contributed by atoms with E-state index in [4.69, 9.17) is 11.6 Å². The zero-order valence-corrected chi connectivity index (χ0v) is 12.1. The van der Waals surface area contributed by atoms with E-state index in [9.17, 15) is 4.79 Å². The fraction of sp³-hybridized carbons (Fsp3) is 0.533. The van der Waals surface area contributed by atoms with Crippen LogP contribution < -0.4 is 5.32 Å². The summed E-state index contributed by atoms with van der Waals surface area (Å²) < 4.78 is 0. The maximum atomic E-state index is 12.3. The smallest absolute Gasteiger partial charge is 0.223 e. The van der Waals surface area contributed by atoms with Gasteiger partial charge in [0.2, 0.25) is 5.91 Å². The molecule has 1 aromatic carbocycles. The van der Waals surface area contributed by atoms with Crippen molar-refractivity contribution in [3.05, 3.63) is 34.9 Å². The summed E-state index contributed by atoms with van der Waals surface area (Å²) in [6.45, 7) is 1.74. The summed E-state index contributed by atoms with van der Waals surface area (Å²) >= 11 is 6.25. The summed E-state index contributed by atoms with van der Waals surface area (Å²) in [6, 6.07) is 8.02. The molecule has 0 aromatic heterocycles. The lowest BCUT2D eigenvalue weighted by Gasteiger charge is -2.26. The van der Waals surface area contributed by atoms with Crippen molar-refractivity contribution < 1.29 is 4.79 Å². The van der Waals surface area contributed by atoms with Crippen molar-refractivity contribution in [2.45, 2.75) is 31.7 Å². The maximum Gasteiger partial charge on any atom is 0.223 e. The van der Waals surface area contributed by atoms with Crippen LogP contribution in [0.2, 0.25) is 5.02 Å². The van der Waals surface area contributed by atoms with Crippen LogP contribution in [0.15, 0.2) is 24.3 Å². The standard InChI is InChI=1S/C15H21ClN2O/c1-17-10-4-9-15(19)18-11-5-8-14(18)12-6-2-3-7-13(12)16/h2-3,6-7,14,17H,4-5,8-11H2,1H3. The summed E-state index contributed by atoms with van der Waals surface area (Å²) in [7, 11) is 1.91. The third-order valence-corrected chi connectivity index (χ3v) is 4.00. The Kier molecular flexibility index (Phi) is 5.23. The number of hydrogen-bond donors (Lipinski definition) is 1. The molecule has 1 fully saturated rings. The molecular formula is C15H21ClN2O. The Morgan fingerprint density at radius 1 is 1.47 bits per heavy atom. The Hall–Kier alpha value is -1.06. The van der Waals surface area contributed by atoms with Crippen LogP contribution in [0.5, 0.6) is 0 Å². The van der Waals surface area contributed by atoms with Crippen LogP contribution in [0.4, 0.5) is 0 Å². The minimum Gasteiger partial charge on any atom is -0.336 e. The predicted octanol–water partition coefficient (Wildman–Crippen LogP) is 3.00. The van der Waals surface area contributed by atoms with Gasteiger partial charge in [-0.25, -0.2) is 0 Å². The molecule has 1 aliphatic rings. The second-order valence-electron chi connectivity index (χ2n) is 4.97. The van der Waals surface area contributed by atoms with Crippen molar-refractivity contribution in [1.29, 1.82) is 0 Å². The second-order valence-corrected chi connectivity index (χ2v) is 5.38. The summed E-state index contributed by atoms with van der Waals surface area (Å²) in [4.78, 5) is 14.3. The molecule has 1 unspecified atom stereocenters. The molecule has 0 spiro atoms. The average molecular weight is 281 g/mol. The first-order chi connectivity index (χ1) is 9.24. The van der Waals surface area contributed by atoms with Crippen LogP contribution in [0.3, 0.4) is 0 Å². The van der Waals surface area contributed by atoms with Gasteiger partial charge in [0, 0.05) is 18.0 Å². The number of amides is 1. The Bertz CT molecular complexity index is 436. The fourth-order valence-electron chi connectivity index (χ4n) is 2.69. The Labute approximate surface area is 119 Å². The first-order valence-corrected chi connectivity index (χ1v) is 7.30. The van der Waals surface area contributed by atoms with E-state index in [0.717, 1.165) is 42.9 Å². The number of nitrogens with zero attached hydrogens (tertiary/aromatic N) is 1. The molecule has 2 rings (SSSR count). The topological polar surface area (TPSA) is 32.3 Å². The monoisotopic (exact) mass is 280 g/mol. The molecule has 1 N–H and O–H groups in total. The molecule has 1 aromatic rings. The van der Waals surface area contributed by atoms with Gasteiger partial charge in [0.05, 0.1) is 6.04 Å². The lowest BCUT2D eigenvalue weighted by molar-refractivity contribution is -0.132. The highest BCUT2D eigenvalue weighted by molar-refractivity contribution is 6.31. The summed E-state index contributed by atoms with van der Waals surface area (Å²) in [5.74, 6) is 0.248. The van der Waals surface area contributed by atoms with Crippen molar-refractivity contribution >= 4 is 17.5 Å². The Balaban J connectivity index is 2.05. The number of benzene rings is 1. The molecule has 1 aliphatic heterocycles. The Morgan fingerprint density at radius 2 is 2.26 bits per heavy atom. The largest absolute Gasteiger partial charge is 0.336 e. The van der Waals surface area contributed by atoms with Gasteiger partial charge in [-0.2, -0.15) is 0 Å². The molecule has 19 heavy (non-hydrogen) atoms. The number of carbonyl (C=O) groups is 1. The lowest BCUT2D eigenvalue weighted by atomic mass is 10.0. The van der Waals surface area contributed by atoms with Gasteiger partial charge >= 0.3 is 0 Å². The van der Waals surface area contributed by atoms with Crippen molar-refractivity contribution in [3.8, 4) is 0 Å². The van der Waals surface area contributed by atoms with Crippen molar-refractivity contribution in [3.63, 3.8) is 0 Å². The summed E-state index contributed by atoms with van der Waals surface area (Å²) in [5, 5.41) is 3.84. The van der Waals surface area contributed by atoms with Crippen LogP contribution in [0.1, 0.15) is 37.3 Å².